The molecule has 3 aromatic rings. The van der Waals surface area contributed by atoms with E-state index in [0.717, 1.165) is 22.3 Å². The largest absolute Gasteiger partial charge is 0.497 e. The standard InChI is InChI=1S/C18H22N4O2/c1-11(2)22-10-15(14-9-13(24-5)6-7-16(14)22)18(23)19-17-8-12(3)21(4)20-17/h6-11H,1-5H3,(H,19,20,23). The van der Waals surface area contributed by atoms with Crippen LogP contribution in [0.4, 0.5) is 5.82 Å². The van der Waals surface area contributed by atoms with E-state index in [-0.39, 0.29) is 11.9 Å². The van der Waals surface area contributed by atoms with E-state index < -0.39 is 0 Å². The normalized spacial score (nSPS) is 11.2. The molecule has 0 aliphatic rings. The molecule has 6 nitrogen and oxygen atoms in total. The Balaban J connectivity index is 2.05. The zero-order chi connectivity index (χ0) is 17.4. The fourth-order valence-corrected chi connectivity index (χ4v) is 2.77. The lowest BCUT2D eigenvalue weighted by molar-refractivity contribution is 0.102. The van der Waals surface area contributed by atoms with Crippen molar-refractivity contribution in [3.63, 3.8) is 0 Å². The van der Waals surface area contributed by atoms with Crippen LogP contribution in [0.25, 0.3) is 10.9 Å². The summed E-state index contributed by atoms with van der Waals surface area (Å²) in [5.41, 5.74) is 2.60. The molecule has 0 aliphatic carbocycles. The number of nitrogens with one attached hydrogen (secondary N) is 1. The van der Waals surface area contributed by atoms with E-state index in [1.54, 1.807) is 11.8 Å². The van der Waals surface area contributed by atoms with Gasteiger partial charge in [0.2, 0.25) is 0 Å². The highest BCUT2D eigenvalue weighted by molar-refractivity contribution is 6.13. The molecule has 126 valence electrons. The molecule has 0 unspecified atom stereocenters. The van der Waals surface area contributed by atoms with Crippen LogP contribution >= 0.6 is 0 Å². The highest BCUT2D eigenvalue weighted by Crippen LogP contribution is 2.29. The highest BCUT2D eigenvalue weighted by atomic mass is 16.5. The van der Waals surface area contributed by atoms with Crippen LogP contribution in [0.3, 0.4) is 0 Å². The van der Waals surface area contributed by atoms with Crippen molar-refractivity contribution < 1.29 is 9.53 Å². The summed E-state index contributed by atoms with van der Waals surface area (Å²) in [5, 5.41) is 8.03. The first-order valence-electron chi connectivity index (χ1n) is 7.91. The van der Waals surface area contributed by atoms with Gasteiger partial charge in [0.1, 0.15) is 5.75 Å². The summed E-state index contributed by atoms with van der Waals surface area (Å²) in [6, 6.07) is 7.88. The summed E-state index contributed by atoms with van der Waals surface area (Å²) < 4.78 is 9.13. The lowest BCUT2D eigenvalue weighted by Crippen LogP contribution is -2.12. The molecule has 0 saturated heterocycles. The van der Waals surface area contributed by atoms with E-state index in [4.69, 9.17) is 4.74 Å². The topological polar surface area (TPSA) is 61.1 Å². The van der Waals surface area contributed by atoms with Crippen LogP contribution in [-0.2, 0) is 7.05 Å². The Morgan fingerprint density at radius 3 is 2.62 bits per heavy atom. The van der Waals surface area contributed by atoms with E-state index in [0.29, 0.717) is 11.4 Å². The molecule has 0 radical (unpaired) electrons. The van der Waals surface area contributed by atoms with Crippen molar-refractivity contribution in [2.24, 2.45) is 7.05 Å². The van der Waals surface area contributed by atoms with Gasteiger partial charge in [0.15, 0.2) is 5.82 Å². The maximum atomic E-state index is 12.8. The summed E-state index contributed by atoms with van der Waals surface area (Å²) in [6.45, 7) is 6.12. The van der Waals surface area contributed by atoms with E-state index in [1.165, 1.54) is 0 Å². The van der Waals surface area contributed by atoms with Crippen molar-refractivity contribution in [3.8, 4) is 5.75 Å². The number of aromatic nitrogens is 3. The van der Waals surface area contributed by atoms with Gasteiger partial charge in [-0.05, 0) is 39.0 Å². The SMILES string of the molecule is COc1ccc2c(c1)c(C(=O)Nc1cc(C)n(C)n1)cn2C(C)C. The Morgan fingerprint density at radius 2 is 2.04 bits per heavy atom. The number of nitrogens with zero attached hydrogens (tertiary/aromatic N) is 3. The number of carbonyl (C=O) groups excluding carboxylic acids is 1. The second-order valence-corrected chi connectivity index (χ2v) is 6.18. The number of benzene rings is 1. The van der Waals surface area contributed by atoms with Gasteiger partial charge in [-0.25, -0.2) is 0 Å². The van der Waals surface area contributed by atoms with Gasteiger partial charge < -0.3 is 14.6 Å². The minimum atomic E-state index is -0.175. The van der Waals surface area contributed by atoms with Gasteiger partial charge in [-0.2, -0.15) is 5.10 Å². The molecular formula is C18H22N4O2. The molecular weight excluding hydrogens is 304 g/mol. The van der Waals surface area contributed by atoms with Crippen LogP contribution in [0.2, 0.25) is 0 Å². The third-order valence-corrected chi connectivity index (χ3v) is 4.20. The van der Waals surface area contributed by atoms with E-state index in [1.807, 2.05) is 44.4 Å². The van der Waals surface area contributed by atoms with Gasteiger partial charge >= 0.3 is 0 Å². The number of methoxy groups -OCH3 is 1. The molecule has 1 amide bonds. The van der Waals surface area contributed by atoms with Crippen molar-refractivity contribution in [1.82, 2.24) is 14.3 Å². The molecule has 0 fully saturated rings. The molecule has 0 atom stereocenters. The second-order valence-electron chi connectivity index (χ2n) is 6.18. The molecule has 6 heteroatoms. The number of carbonyl (C=O) groups is 1. The number of anilines is 1. The van der Waals surface area contributed by atoms with E-state index in [9.17, 15) is 4.79 Å². The zero-order valence-corrected chi connectivity index (χ0v) is 14.6. The van der Waals surface area contributed by atoms with Crippen molar-refractivity contribution in [2.45, 2.75) is 26.8 Å². The third kappa shape index (κ3) is 2.75. The molecule has 0 saturated carbocycles. The Kier molecular flexibility index (Phi) is 4.05. The van der Waals surface area contributed by atoms with Crippen LogP contribution in [0.5, 0.6) is 5.75 Å². The van der Waals surface area contributed by atoms with Crippen LogP contribution in [0.1, 0.15) is 35.9 Å². The van der Waals surface area contributed by atoms with E-state index >= 15 is 0 Å². The predicted molar refractivity (Wildman–Crippen MR) is 94.8 cm³/mol. The molecule has 0 aliphatic heterocycles. The number of amides is 1. The lowest BCUT2D eigenvalue weighted by Gasteiger charge is -2.09. The molecule has 1 N–H and O–H groups in total. The maximum Gasteiger partial charge on any atom is 0.259 e. The van der Waals surface area contributed by atoms with Gasteiger partial charge in [-0.1, -0.05) is 0 Å². The lowest BCUT2D eigenvalue weighted by atomic mass is 10.1. The molecule has 0 spiro atoms. The van der Waals surface area contributed by atoms with Crippen molar-refractivity contribution in [2.75, 3.05) is 12.4 Å². The average Bonchev–Trinajstić information content (AvgIpc) is 3.07. The second kappa shape index (κ2) is 6.03. The Labute approximate surface area is 141 Å². The fourth-order valence-electron chi connectivity index (χ4n) is 2.77. The average molecular weight is 326 g/mol. The number of aryl methyl sites for hydroxylation is 2. The Morgan fingerprint density at radius 1 is 1.29 bits per heavy atom. The van der Waals surface area contributed by atoms with E-state index in [2.05, 4.69) is 28.8 Å². The number of rotatable bonds is 4. The predicted octanol–water partition coefficient (Wildman–Crippen LogP) is 3.53. The summed E-state index contributed by atoms with van der Waals surface area (Å²) in [6.07, 6.45) is 1.89. The summed E-state index contributed by atoms with van der Waals surface area (Å²) in [5.74, 6) is 1.10. The first kappa shape index (κ1) is 16.1. The number of ether oxygens (including phenoxy) is 1. The van der Waals surface area contributed by atoms with Gasteiger partial charge in [0.05, 0.1) is 12.7 Å². The summed E-state index contributed by atoms with van der Waals surface area (Å²) >= 11 is 0. The molecule has 2 aromatic heterocycles. The molecule has 24 heavy (non-hydrogen) atoms. The van der Waals surface area contributed by atoms with Crippen LogP contribution in [0, 0.1) is 6.92 Å². The van der Waals surface area contributed by atoms with Crippen LogP contribution in [0.15, 0.2) is 30.5 Å². The monoisotopic (exact) mass is 326 g/mol. The quantitative estimate of drug-likeness (QED) is 0.798. The minimum absolute atomic E-state index is 0.175. The zero-order valence-electron chi connectivity index (χ0n) is 14.6. The van der Waals surface area contributed by atoms with Crippen molar-refractivity contribution >= 4 is 22.6 Å². The minimum Gasteiger partial charge on any atom is -0.497 e. The first-order chi connectivity index (χ1) is 11.4. The summed E-state index contributed by atoms with van der Waals surface area (Å²) in [7, 11) is 3.47. The van der Waals surface area contributed by atoms with Gasteiger partial charge in [0, 0.05) is 41.9 Å². The van der Waals surface area contributed by atoms with Gasteiger partial charge in [-0.3, -0.25) is 9.48 Å². The number of fused-ring (bicyclic) bond motifs is 1. The molecule has 1 aromatic carbocycles. The van der Waals surface area contributed by atoms with Crippen molar-refractivity contribution in [1.29, 1.82) is 0 Å². The number of hydrogen-bond donors (Lipinski definition) is 1. The fraction of sp³-hybridized carbons (Fsp3) is 0.333. The van der Waals surface area contributed by atoms with Crippen LogP contribution in [-0.4, -0.2) is 27.4 Å². The Bertz CT molecular complexity index is 886. The molecule has 0 bridgehead atoms. The smallest absolute Gasteiger partial charge is 0.259 e. The van der Waals surface area contributed by atoms with Crippen molar-refractivity contribution in [3.05, 3.63) is 41.7 Å². The van der Waals surface area contributed by atoms with Crippen LogP contribution < -0.4 is 10.1 Å². The first-order valence-corrected chi connectivity index (χ1v) is 7.91. The van der Waals surface area contributed by atoms with Gasteiger partial charge in [0.25, 0.3) is 5.91 Å². The molecule has 2 heterocycles. The van der Waals surface area contributed by atoms with Gasteiger partial charge in [-0.15, -0.1) is 0 Å². The maximum absolute atomic E-state index is 12.8. The highest BCUT2D eigenvalue weighted by Gasteiger charge is 2.18. The third-order valence-electron chi connectivity index (χ3n) is 4.20. The summed E-state index contributed by atoms with van der Waals surface area (Å²) in [4.78, 5) is 12.8. The Hall–Kier alpha value is -2.76. The number of hydrogen-bond acceptors (Lipinski definition) is 3. The molecule has 3 rings (SSSR count).